The Morgan fingerprint density at radius 1 is 1.12 bits per heavy atom. The molecule has 0 unspecified atom stereocenters. The van der Waals surface area contributed by atoms with Crippen molar-refractivity contribution in [2.75, 3.05) is 19.0 Å². The van der Waals surface area contributed by atoms with Crippen molar-refractivity contribution in [2.24, 2.45) is 0 Å². The van der Waals surface area contributed by atoms with Gasteiger partial charge in [-0.05, 0) is 18.2 Å². The maximum atomic E-state index is 6.10. The lowest BCUT2D eigenvalue weighted by Crippen LogP contribution is -2.13. The first-order valence-corrected chi connectivity index (χ1v) is 5.65. The largest absolute Gasteiger partial charge is 0.347 e. The van der Waals surface area contributed by atoms with Crippen LogP contribution in [-0.2, 0) is 0 Å². The molecular weight excluding hydrogens is 259 g/mol. The maximum Gasteiger partial charge on any atom is 0.228 e. The van der Waals surface area contributed by atoms with E-state index in [1.807, 2.05) is 14.1 Å². The molecule has 0 spiro atoms. The molecule has 0 amide bonds. The van der Waals surface area contributed by atoms with Crippen LogP contribution in [0.3, 0.4) is 0 Å². The summed E-state index contributed by atoms with van der Waals surface area (Å²) < 4.78 is 0. The molecule has 0 bridgehead atoms. The van der Waals surface area contributed by atoms with Gasteiger partial charge in [0, 0.05) is 24.7 Å². The molecule has 88 valence electrons. The number of rotatable bonds is 2. The van der Waals surface area contributed by atoms with Crippen LogP contribution in [0.4, 0.5) is 5.95 Å². The molecule has 1 heterocycles. The highest BCUT2D eigenvalue weighted by molar-refractivity contribution is 6.36. The molecule has 0 N–H and O–H groups in total. The second kappa shape index (κ2) is 4.85. The molecule has 17 heavy (non-hydrogen) atoms. The van der Waals surface area contributed by atoms with Gasteiger partial charge in [-0.15, -0.1) is 0 Å². The lowest BCUT2D eigenvalue weighted by atomic mass is 10.2. The van der Waals surface area contributed by atoms with E-state index in [4.69, 9.17) is 23.2 Å². The van der Waals surface area contributed by atoms with Gasteiger partial charge in [-0.2, -0.15) is 4.98 Å². The Balaban J connectivity index is 2.49. The molecule has 1 aromatic carbocycles. The Labute approximate surface area is 109 Å². The minimum atomic E-state index is 0.522. The van der Waals surface area contributed by atoms with Crippen LogP contribution < -0.4 is 4.90 Å². The third-order valence-corrected chi connectivity index (χ3v) is 2.68. The fraction of sp³-hybridized carbons (Fsp3) is 0.182. The summed E-state index contributed by atoms with van der Waals surface area (Å²) in [7, 11) is 3.73. The standard InChI is InChI=1S/C11H10Cl2N4/c1-17(2)11-15-6-14-10(16-11)8-4-3-7(12)5-9(8)13/h3-6H,1-2H3. The Morgan fingerprint density at radius 3 is 2.53 bits per heavy atom. The number of nitrogens with zero attached hydrogens (tertiary/aromatic N) is 4. The van der Waals surface area contributed by atoms with Crippen molar-refractivity contribution in [2.45, 2.75) is 0 Å². The van der Waals surface area contributed by atoms with Gasteiger partial charge in [0.1, 0.15) is 6.33 Å². The quantitative estimate of drug-likeness (QED) is 0.840. The summed E-state index contributed by atoms with van der Waals surface area (Å²) in [5.41, 5.74) is 0.738. The SMILES string of the molecule is CN(C)c1ncnc(-c2ccc(Cl)cc2Cl)n1. The maximum absolute atomic E-state index is 6.10. The fourth-order valence-corrected chi connectivity index (χ4v) is 1.80. The number of halogens is 2. The van der Waals surface area contributed by atoms with Crippen molar-refractivity contribution in [3.05, 3.63) is 34.6 Å². The van der Waals surface area contributed by atoms with Gasteiger partial charge in [-0.3, -0.25) is 0 Å². The van der Waals surface area contributed by atoms with Gasteiger partial charge < -0.3 is 4.90 Å². The summed E-state index contributed by atoms with van der Waals surface area (Å²) in [6.45, 7) is 0. The highest BCUT2D eigenvalue weighted by atomic mass is 35.5. The third-order valence-electron chi connectivity index (χ3n) is 2.13. The first-order valence-electron chi connectivity index (χ1n) is 4.89. The lowest BCUT2D eigenvalue weighted by Gasteiger charge is -2.10. The van der Waals surface area contributed by atoms with Gasteiger partial charge in [0.2, 0.25) is 5.95 Å². The Kier molecular flexibility index (Phi) is 3.45. The normalized spacial score (nSPS) is 10.4. The molecule has 0 aliphatic rings. The number of anilines is 1. The number of hydrogen-bond acceptors (Lipinski definition) is 4. The molecule has 1 aromatic heterocycles. The van der Waals surface area contributed by atoms with Crippen LogP contribution >= 0.6 is 23.2 Å². The van der Waals surface area contributed by atoms with Gasteiger partial charge in [0.25, 0.3) is 0 Å². The van der Waals surface area contributed by atoms with E-state index in [1.165, 1.54) is 6.33 Å². The zero-order chi connectivity index (χ0) is 12.4. The first-order chi connectivity index (χ1) is 8.08. The van der Waals surface area contributed by atoms with Crippen molar-refractivity contribution in [1.29, 1.82) is 0 Å². The minimum absolute atomic E-state index is 0.522. The van der Waals surface area contributed by atoms with Crippen molar-refractivity contribution in [3.8, 4) is 11.4 Å². The molecular formula is C11H10Cl2N4. The summed E-state index contributed by atoms with van der Waals surface area (Å²) in [5.74, 6) is 1.12. The zero-order valence-electron chi connectivity index (χ0n) is 9.35. The number of aromatic nitrogens is 3. The molecule has 4 nitrogen and oxygen atoms in total. The molecule has 0 atom stereocenters. The van der Waals surface area contributed by atoms with Crippen LogP contribution in [0.5, 0.6) is 0 Å². The van der Waals surface area contributed by atoms with Crippen LogP contribution in [0.2, 0.25) is 10.0 Å². The number of benzene rings is 1. The average molecular weight is 269 g/mol. The van der Waals surface area contributed by atoms with Gasteiger partial charge in [-0.1, -0.05) is 23.2 Å². The van der Waals surface area contributed by atoms with E-state index in [2.05, 4.69) is 15.0 Å². The second-order valence-electron chi connectivity index (χ2n) is 3.63. The van der Waals surface area contributed by atoms with E-state index in [-0.39, 0.29) is 0 Å². The predicted octanol–water partition coefficient (Wildman–Crippen LogP) is 2.91. The Bertz CT molecular complexity index is 543. The average Bonchev–Trinajstić information content (AvgIpc) is 2.29. The van der Waals surface area contributed by atoms with Gasteiger partial charge in [0.15, 0.2) is 5.82 Å². The third kappa shape index (κ3) is 2.65. The monoisotopic (exact) mass is 268 g/mol. The van der Waals surface area contributed by atoms with Crippen LogP contribution in [0.15, 0.2) is 24.5 Å². The lowest BCUT2D eigenvalue weighted by molar-refractivity contribution is 0.961. The Morgan fingerprint density at radius 2 is 1.88 bits per heavy atom. The van der Waals surface area contributed by atoms with E-state index in [0.29, 0.717) is 21.8 Å². The molecule has 0 radical (unpaired) electrons. The summed E-state index contributed by atoms with van der Waals surface area (Å²) >= 11 is 11.9. The number of hydrogen-bond donors (Lipinski definition) is 0. The van der Waals surface area contributed by atoms with Crippen molar-refractivity contribution < 1.29 is 0 Å². The van der Waals surface area contributed by atoms with Crippen molar-refractivity contribution in [1.82, 2.24) is 15.0 Å². The minimum Gasteiger partial charge on any atom is -0.347 e. The summed E-state index contributed by atoms with van der Waals surface area (Å²) in [4.78, 5) is 14.3. The van der Waals surface area contributed by atoms with E-state index in [1.54, 1.807) is 23.1 Å². The van der Waals surface area contributed by atoms with Gasteiger partial charge in [0.05, 0.1) is 5.02 Å². The second-order valence-corrected chi connectivity index (χ2v) is 4.47. The van der Waals surface area contributed by atoms with Gasteiger partial charge in [-0.25, -0.2) is 9.97 Å². The van der Waals surface area contributed by atoms with Crippen LogP contribution in [0.1, 0.15) is 0 Å². The topological polar surface area (TPSA) is 41.9 Å². The summed E-state index contributed by atoms with van der Waals surface area (Å²) in [6.07, 6.45) is 1.46. The van der Waals surface area contributed by atoms with Gasteiger partial charge >= 0.3 is 0 Å². The molecule has 0 saturated heterocycles. The Hall–Kier alpha value is -1.39. The molecule has 0 aliphatic heterocycles. The van der Waals surface area contributed by atoms with Crippen molar-refractivity contribution >= 4 is 29.2 Å². The molecule has 0 fully saturated rings. The van der Waals surface area contributed by atoms with E-state index in [9.17, 15) is 0 Å². The van der Waals surface area contributed by atoms with Crippen LogP contribution in [-0.4, -0.2) is 29.0 Å². The molecule has 6 heteroatoms. The fourth-order valence-electron chi connectivity index (χ4n) is 1.30. The molecule has 0 saturated carbocycles. The van der Waals surface area contributed by atoms with Crippen molar-refractivity contribution in [3.63, 3.8) is 0 Å². The van der Waals surface area contributed by atoms with E-state index in [0.717, 1.165) is 5.56 Å². The van der Waals surface area contributed by atoms with Crippen LogP contribution in [0, 0.1) is 0 Å². The molecule has 0 aliphatic carbocycles. The summed E-state index contributed by atoms with van der Waals surface area (Å²) in [6, 6.07) is 5.21. The van der Waals surface area contributed by atoms with E-state index < -0.39 is 0 Å². The molecule has 2 aromatic rings. The first kappa shape index (κ1) is 12.1. The predicted molar refractivity (Wildman–Crippen MR) is 69.6 cm³/mol. The molecule has 2 rings (SSSR count). The highest BCUT2D eigenvalue weighted by Gasteiger charge is 2.09. The summed E-state index contributed by atoms with van der Waals surface area (Å²) in [5, 5.41) is 1.11. The zero-order valence-corrected chi connectivity index (χ0v) is 10.9. The smallest absolute Gasteiger partial charge is 0.228 e. The highest BCUT2D eigenvalue weighted by Crippen LogP contribution is 2.28. The van der Waals surface area contributed by atoms with E-state index >= 15 is 0 Å². The van der Waals surface area contributed by atoms with Crippen LogP contribution in [0.25, 0.3) is 11.4 Å².